The number of halogens is 3. The van der Waals surface area contributed by atoms with Crippen molar-refractivity contribution in [1.29, 1.82) is 5.26 Å². The van der Waals surface area contributed by atoms with Gasteiger partial charge in [0.25, 0.3) is 0 Å². The van der Waals surface area contributed by atoms with Gasteiger partial charge in [-0.05, 0) is 51.4 Å². The van der Waals surface area contributed by atoms with Crippen molar-refractivity contribution < 1.29 is 24.4 Å². The van der Waals surface area contributed by atoms with Crippen LogP contribution < -0.4 is 10.6 Å². The molecule has 0 saturated heterocycles. The molecule has 7 nitrogen and oxygen atoms in total. The molecule has 0 amide bonds. The first-order valence-corrected chi connectivity index (χ1v) is 9.99. The van der Waals surface area contributed by atoms with Gasteiger partial charge in [-0.15, -0.1) is 0 Å². The number of ether oxygens (including phenoxy) is 1. The lowest BCUT2D eigenvalue weighted by Gasteiger charge is -2.30. The van der Waals surface area contributed by atoms with Crippen molar-refractivity contribution in [1.82, 2.24) is 9.97 Å². The number of aliphatic hydroxyl groups excluding tert-OH is 1. The minimum atomic E-state index is -4.30. The summed E-state index contributed by atoms with van der Waals surface area (Å²) in [6.45, 7) is -1.21. The van der Waals surface area contributed by atoms with E-state index in [1.54, 1.807) is 0 Å². The van der Waals surface area contributed by atoms with Gasteiger partial charge in [0.2, 0.25) is 5.95 Å². The van der Waals surface area contributed by atoms with Gasteiger partial charge in [-0.3, -0.25) is 0 Å². The van der Waals surface area contributed by atoms with E-state index >= 15 is 0 Å². The van der Waals surface area contributed by atoms with Gasteiger partial charge < -0.3 is 20.5 Å². The Morgan fingerprint density at radius 3 is 2.59 bits per heavy atom. The largest absolute Gasteiger partial charge is 0.411 e. The molecule has 1 aromatic rings. The Kier molecular flexibility index (Phi) is 7.14. The molecule has 1 heterocycles. The molecule has 0 bridgehead atoms. The monoisotopic (exact) mass is 415 g/mol. The highest BCUT2D eigenvalue weighted by atomic mass is 19.4. The van der Waals surface area contributed by atoms with Crippen molar-refractivity contribution in [3.05, 3.63) is 11.8 Å². The summed E-state index contributed by atoms with van der Waals surface area (Å²) in [6, 6.07) is 2.16. The molecule has 2 saturated carbocycles. The maximum atomic E-state index is 12.3. The summed E-state index contributed by atoms with van der Waals surface area (Å²) in [7, 11) is 0. The number of hydrogen-bond donors (Lipinski definition) is 3. The zero-order chi connectivity index (χ0) is 20.9. The van der Waals surface area contributed by atoms with Crippen LogP contribution in [-0.2, 0) is 4.74 Å². The predicted molar refractivity (Wildman–Crippen MR) is 102 cm³/mol. The van der Waals surface area contributed by atoms with Gasteiger partial charge in [0.05, 0.1) is 18.4 Å². The first-order valence-electron chi connectivity index (χ1n) is 9.99. The van der Waals surface area contributed by atoms with Gasteiger partial charge >= 0.3 is 6.18 Å². The number of nitrogens with one attached hydrogen (secondary N) is 2. The van der Waals surface area contributed by atoms with Gasteiger partial charge in [0.15, 0.2) is 0 Å². The number of nitrogens with zero attached hydrogens (tertiary/aromatic N) is 3. The number of hydrogen-bond acceptors (Lipinski definition) is 7. The number of anilines is 2. The highest BCUT2D eigenvalue weighted by Crippen LogP contribution is 2.27. The maximum absolute atomic E-state index is 12.3. The third-order valence-corrected chi connectivity index (χ3v) is 5.39. The second-order valence-electron chi connectivity index (χ2n) is 7.77. The molecular weight excluding hydrogens is 387 g/mol. The molecule has 162 valence electrons. The molecule has 2 fully saturated rings. The van der Waals surface area contributed by atoms with Crippen molar-refractivity contribution in [2.45, 2.75) is 81.8 Å². The van der Waals surface area contributed by atoms with E-state index in [0.29, 0.717) is 49.4 Å². The molecule has 29 heavy (non-hydrogen) atoms. The molecular formula is C19H28F3N5O2. The lowest BCUT2D eigenvalue weighted by Crippen LogP contribution is -2.33. The number of aromatic nitrogens is 2. The van der Waals surface area contributed by atoms with E-state index in [4.69, 9.17) is 4.74 Å². The van der Waals surface area contributed by atoms with Crippen molar-refractivity contribution in [2.75, 3.05) is 17.2 Å². The molecule has 2 atom stereocenters. The zero-order valence-corrected chi connectivity index (χ0v) is 16.1. The molecule has 0 spiro atoms. The Morgan fingerprint density at radius 2 is 1.93 bits per heavy atom. The van der Waals surface area contributed by atoms with Crippen LogP contribution in [0.4, 0.5) is 24.9 Å². The van der Waals surface area contributed by atoms with Crippen molar-refractivity contribution in [2.24, 2.45) is 0 Å². The van der Waals surface area contributed by atoms with Gasteiger partial charge in [-0.25, -0.2) is 4.98 Å². The number of rotatable bonds is 6. The molecule has 2 aliphatic carbocycles. The summed E-state index contributed by atoms with van der Waals surface area (Å²) in [5.74, 6) is 0.814. The molecule has 0 unspecified atom stereocenters. The minimum absolute atomic E-state index is 0. The Labute approximate surface area is 169 Å². The smallest absolute Gasteiger partial charge is 0.393 e. The van der Waals surface area contributed by atoms with Crippen LogP contribution in [0.5, 0.6) is 0 Å². The van der Waals surface area contributed by atoms with Crippen LogP contribution in [0.3, 0.4) is 0 Å². The fourth-order valence-corrected chi connectivity index (χ4v) is 3.90. The number of alkyl halides is 3. The van der Waals surface area contributed by atoms with Crippen LogP contribution in [0.25, 0.3) is 0 Å². The predicted octanol–water partition coefficient (Wildman–Crippen LogP) is 3.61. The summed E-state index contributed by atoms with van der Waals surface area (Å²) in [6.07, 6.45) is 2.02. The molecule has 3 rings (SSSR count). The highest BCUT2D eigenvalue weighted by molar-refractivity contribution is 5.54. The summed E-state index contributed by atoms with van der Waals surface area (Å²) in [4.78, 5) is 8.61. The lowest BCUT2D eigenvalue weighted by atomic mass is 9.93. The van der Waals surface area contributed by atoms with Crippen molar-refractivity contribution in [3.63, 3.8) is 0 Å². The molecule has 0 aromatic carbocycles. The van der Waals surface area contributed by atoms with E-state index in [0.717, 1.165) is 19.3 Å². The Hall–Kier alpha value is -2.12. The molecule has 1 aromatic heterocycles. The van der Waals surface area contributed by atoms with Crippen LogP contribution in [0.15, 0.2) is 6.20 Å². The fraction of sp³-hybridized carbons (Fsp3) is 0.737. The van der Waals surface area contributed by atoms with Gasteiger partial charge in [-0.2, -0.15) is 23.4 Å². The molecule has 0 aliphatic heterocycles. The van der Waals surface area contributed by atoms with E-state index in [1.165, 1.54) is 6.20 Å². The Bertz CT molecular complexity index is 723. The van der Waals surface area contributed by atoms with Gasteiger partial charge in [-0.1, -0.05) is 0 Å². The Balaban J connectivity index is 0.00000320. The summed E-state index contributed by atoms with van der Waals surface area (Å²) >= 11 is 0. The van der Waals surface area contributed by atoms with Crippen LogP contribution in [0.2, 0.25) is 0 Å². The van der Waals surface area contributed by atoms with E-state index in [9.17, 15) is 23.5 Å². The molecule has 0 radical (unpaired) electrons. The minimum Gasteiger partial charge on any atom is -0.393 e. The quantitative estimate of drug-likeness (QED) is 0.652. The SMILES string of the molecule is N#Cc1cnc(NC2CCC(OCC(F)(F)F)CC2)nc1N[C@@H]1CCC[C@H](O)C1.[HH]. The van der Waals surface area contributed by atoms with E-state index in [-0.39, 0.29) is 25.7 Å². The molecule has 3 N–H and O–H groups in total. The second-order valence-corrected chi connectivity index (χ2v) is 7.77. The average Bonchev–Trinajstić information content (AvgIpc) is 2.67. The van der Waals surface area contributed by atoms with Crippen LogP contribution in [0, 0.1) is 11.3 Å². The number of nitriles is 1. The second kappa shape index (κ2) is 9.59. The Morgan fingerprint density at radius 1 is 1.17 bits per heavy atom. The highest BCUT2D eigenvalue weighted by Gasteiger charge is 2.31. The first-order chi connectivity index (χ1) is 13.8. The molecule has 10 heteroatoms. The van der Waals surface area contributed by atoms with Crippen LogP contribution >= 0.6 is 0 Å². The summed E-state index contributed by atoms with van der Waals surface area (Å²) < 4.78 is 41.7. The fourth-order valence-electron chi connectivity index (χ4n) is 3.90. The van der Waals surface area contributed by atoms with Gasteiger partial charge in [0, 0.05) is 13.5 Å². The topological polar surface area (TPSA) is 103 Å². The van der Waals surface area contributed by atoms with Crippen molar-refractivity contribution >= 4 is 11.8 Å². The normalized spacial score (nSPS) is 27.8. The molecule has 2 aliphatic rings. The van der Waals surface area contributed by atoms with Crippen molar-refractivity contribution in [3.8, 4) is 6.07 Å². The zero-order valence-electron chi connectivity index (χ0n) is 16.1. The first kappa shape index (κ1) is 21.6. The number of aliphatic hydroxyl groups is 1. The van der Waals surface area contributed by atoms with E-state index < -0.39 is 12.8 Å². The van der Waals surface area contributed by atoms with Gasteiger partial charge in [0.1, 0.15) is 24.1 Å². The average molecular weight is 415 g/mol. The lowest BCUT2D eigenvalue weighted by molar-refractivity contribution is -0.187. The van der Waals surface area contributed by atoms with Crippen LogP contribution in [-0.4, -0.2) is 52.1 Å². The third kappa shape index (κ3) is 6.72. The maximum Gasteiger partial charge on any atom is 0.411 e. The van der Waals surface area contributed by atoms with Crippen LogP contribution in [0.1, 0.15) is 58.4 Å². The standard InChI is InChI=1S/C19H26F3N5O2.H2/c20-19(21,22)11-29-16-6-4-13(5-7-16)26-18-24-10-12(9-23)17(27-18)25-14-2-1-3-15(28)8-14;/h10,13-16,28H,1-8,11H2,(H2,24,25,26,27);1H/t13?,14-,15+,16?;/m1./s1. The van der Waals surface area contributed by atoms with E-state index in [1.807, 2.05) is 0 Å². The third-order valence-electron chi connectivity index (χ3n) is 5.39. The summed E-state index contributed by atoms with van der Waals surface area (Å²) in [5, 5.41) is 25.6. The summed E-state index contributed by atoms with van der Waals surface area (Å²) in [5.41, 5.74) is 0.333. The van der Waals surface area contributed by atoms with E-state index in [2.05, 4.69) is 26.7 Å².